The Morgan fingerprint density at radius 3 is 2.79 bits per heavy atom. The van der Waals surface area contributed by atoms with Crippen molar-refractivity contribution in [3.05, 3.63) is 47.2 Å². The molecular weight excluding hydrogens is 382 g/mol. The van der Waals surface area contributed by atoms with E-state index in [1.807, 2.05) is 6.08 Å². The predicted octanol–water partition coefficient (Wildman–Crippen LogP) is -0.388. The second kappa shape index (κ2) is 6.89. The first-order valence-electron chi connectivity index (χ1n) is 8.92. The van der Waals surface area contributed by atoms with Crippen molar-refractivity contribution >= 4 is 15.9 Å². The van der Waals surface area contributed by atoms with Gasteiger partial charge in [0, 0.05) is 36.0 Å². The highest BCUT2D eigenvalue weighted by molar-refractivity contribution is 7.89. The second-order valence-electron chi connectivity index (χ2n) is 6.78. The third-order valence-electron chi connectivity index (χ3n) is 5.05. The van der Waals surface area contributed by atoms with Crippen molar-refractivity contribution in [2.24, 2.45) is 16.5 Å². The van der Waals surface area contributed by atoms with Crippen LogP contribution in [0.25, 0.3) is 0 Å². The third-order valence-corrected chi connectivity index (χ3v) is 6.94. The summed E-state index contributed by atoms with van der Waals surface area (Å²) in [5.74, 6) is 0.967. The summed E-state index contributed by atoms with van der Waals surface area (Å²) in [6, 6.07) is 4.67. The average molecular weight is 405 g/mol. The number of hydrogen-bond acceptors (Lipinski definition) is 8. The lowest BCUT2D eigenvalue weighted by Crippen LogP contribution is -2.55. The van der Waals surface area contributed by atoms with Gasteiger partial charge in [-0.2, -0.15) is 4.31 Å². The molecule has 1 fully saturated rings. The number of hydrogen-bond donors (Lipinski definition) is 3. The lowest BCUT2D eigenvalue weighted by Gasteiger charge is -2.35. The van der Waals surface area contributed by atoms with E-state index in [9.17, 15) is 8.42 Å². The van der Waals surface area contributed by atoms with E-state index in [0.29, 0.717) is 55.7 Å². The number of sulfonamides is 1. The van der Waals surface area contributed by atoms with E-state index in [2.05, 4.69) is 10.3 Å². The lowest BCUT2D eigenvalue weighted by atomic mass is 9.92. The molecule has 0 aliphatic carbocycles. The van der Waals surface area contributed by atoms with E-state index in [1.165, 1.54) is 23.5 Å². The standard InChI is InChI=1S/C18H23N5O4S/c1-26-16-10-12(28(24,25)23-6-8-27-9-7-23)2-3-14(16)18(20)11-15(19)13-4-5-21-17(13)22-18/h2-4,10-11H,5-9,19-20H2,1H3,(H,21,22). The van der Waals surface area contributed by atoms with Crippen molar-refractivity contribution in [1.29, 1.82) is 0 Å². The normalized spacial score (nSPS) is 25.3. The molecule has 3 aliphatic heterocycles. The molecule has 1 unspecified atom stereocenters. The minimum Gasteiger partial charge on any atom is -0.496 e. The van der Waals surface area contributed by atoms with Crippen LogP contribution in [0, 0.1) is 0 Å². The van der Waals surface area contributed by atoms with Crippen LogP contribution in [0.5, 0.6) is 5.75 Å². The third kappa shape index (κ3) is 3.08. The number of benzene rings is 1. The van der Waals surface area contributed by atoms with Crippen molar-refractivity contribution in [2.45, 2.75) is 10.6 Å². The van der Waals surface area contributed by atoms with Gasteiger partial charge in [0.1, 0.15) is 17.2 Å². The molecule has 0 aromatic heterocycles. The van der Waals surface area contributed by atoms with Gasteiger partial charge in [0.25, 0.3) is 0 Å². The van der Waals surface area contributed by atoms with Crippen molar-refractivity contribution in [3.8, 4) is 5.75 Å². The summed E-state index contributed by atoms with van der Waals surface area (Å²) in [6.45, 7) is 1.95. The van der Waals surface area contributed by atoms with Crippen LogP contribution in [-0.4, -0.2) is 58.5 Å². The molecule has 150 valence electrons. The van der Waals surface area contributed by atoms with Gasteiger partial charge in [0.15, 0.2) is 0 Å². The molecule has 1 saturated heterocycles. The van der Waals surface area contributed by atoms with E-state index in [4.69, 9.17) is 20.9 Å². The molecule has 0 amide bonds. The maximum absolute atomic E-state index is 12.9. The summed E-state index contributed by atoms with van der Waals surface area (Å²) in [4.78, 5) is 4.50. The summed E-state index contributed by atoms with van der Waals surface area (Å²) in [7, 11) is -2.17. The van der Waals surface area contributed by atoms with Gasteiger partial charge in [-0.3, -0.25) is 4.99 Å². The predicted molar refractivity (Wildman–Crippen MR) is 104 cm³/mol. The highest BCUT2D eigenvalue weighted by Gasteiger charge is 2.37. The fraction of sp³-hybridized carbons (Fsp3) is 0.389. The number of methoxy groups -OCH3 is 1. The molecule has 1 aromatic carbocycles. The number of nitrogens with zero attached hydrogens (tertiary/aromatic N) is 2. The van der Waals surface area contributed by atoms with Crippen molar-refractivity contribution in [2.75, 3.05) is 40.0 Å². The van der Waals surface area contributed by atoms with E-state index >= 15 is 0 Å². The van der Waals surface area contributed by atoms with Gasteiger partial charge >= 0.3 is 0 Å². The largest absolute Gasteiger partial charge is 0.496 e. The molecule has 9 nitrogen and oxygen atoms in total. The summed E-state index contributed by atoms with van der Waals surface area (Å²) >= 11 is 0. The van der Waals surface area contributed by atoms with Gasteiger partial charge in [-0.15, -0.1) is 0 Å². The highest BCUT2D eigenvalue weighted by atomic mass is 32.2. The Morgan fingerprint density at radius 1 is 1.32 bits per heavy atom. The van der Waals surface area contributed by atoms with Crippen LogP contribution in [0.2, 0.25) is 0 Å². The van der Waals surface area contributed by atoms with Gasteiger partial charge in [-0.1, -0.05) is 6.08 Å². The molecule has 0 bridgehead atoms. The zero-order valence-corrected chi connectivity index (χ0v) is 16.3. The van der Waals surface area contributed by atoms with Gasteiger partial charge in [0.05, 0.1) is 31.8 Å². The summed E-state index contributed by atoms with van der Waals surface area (Å²) in [6.07, 6.45) is 3.61. The topological polar surface area (TPSA) is 132 Å². The first kappa shape index (κ1) is 18.9. The van der Waals surface area contributed by atoms with Gasteiger partial charge in [-0.25, -0.2) is 8.42 Å². The Balaban J connectivity index is 1.73. The molecular formula is C18H23N5O4S. The summed E-state index contributed by atoms with van der Waals surface area (Å²) in [5.41, 5.74) is 13.5. The summed E-state index contributed by atoms with van der Waals surface area (Å²) < 4.78 is 38.0. The number of rotatable bonds is 4. The van der Waals surface area contributed by atoms with Crippen LogP contribution in [0.3, 0.4) is 0 Å². The summed E-state index contributed by atoms with van der Waals surface area (Å²) in [5, 5.41) is 3.18. The van der Waals surface area contributed by atoms with Crippen molar-refractivity contribution in [3.63, 3.8) is 0 Å². The number of aliphatic imine (C=N–C) groups is 1. The number of ether oxygens (including phenoxy) is 2. The molecule has 1 aromatic rings. The minimum absolute atomic E-state index is 0.144. The molecule has 5 N–H and O–H groups in total. The average Bonchev–Trinajstić information content (AvgIpc) is 3.16. The number of morpholine rings is 1. The van der Waals surface area contributed by atoms with E-state index in [0.717, 1.165) is 5.57 Å². The molecule has 0 radical (unpaired) electrons. The second-order valence-corrected chi connectivity index (χ2v) is 8.72. The lowest BCUT2D eigenvalue weighted by molar-refractivity contribution is 0.0730. The zero-order chi connectivity index (χ0) is 19.9. The highest BCUT2D eigenvalue weighted by Crippen LogP contribution is 2.34. The van der Waals surface area contributed by atoms with Crippen LogP contribution >= 0.6 is 0 Å². The molecule has 4 rings (SSSR count). The van der Waals surface area contributed by atoms with Crippen LogP contribution in [0.1, 0.15) is 5.56 Å². The number of fused-ring (bicyclic) bond motifs is 1. The fourth-order valence-electron chi connectivity index (χ4n) is 3.58. The minimum atomic E-state index is -3.65. The Morgan fingerprint density at radius 2 is 2.07 bits per heavy atom. The Labute approximate surface area is 163 Å². The molecule has 0 spiro atoms. The Hall–Kier alpha value is -2.40. The van der Waals surface area contributed by atoms with Gasteiger partial charge < -0.3 is 26.3 Å². The van der Waals surface area contributed by atoms with E-state index < -0.39 is 15.7 Å². The number of amidine groups is 1. The molecule has 3 heterocycles. The maximum Gasteiger partial charge on any atom is 0.243 e. The molecule has 3 aliphatic rings. The molecule has 0 saturated carbocycles. The van der Waals surface area contributed by atoms with Crippen LogP contribution in [0.15, 0.2) is 51.5 Å². The molecule has 1 atom stereocenters. The Kier molecular flexibility index (Phi) is 4.66. The quantitative estimate of drug-likeness (QED) is 0.621. The Bertz CT molecular complexity index is 995. The first-order valence-corrected chi connectivity index (χ1v) is 10.4. The number of nitrogens with one attached hydrogen (secondary N) is 1. The van der Waals surface area contributed by atoms with Crippen molar-refractivity contribution < 1.29 is 17.9 Å². The molecule has 10 heteroatoms. The SMILES string of the molecule is COc1cc(S(=O)(=O)N2CCOCC2)ccc1C1(N)C=C(N)C2=CCN=C2N1. The number of nitrogens with two attached hydrogens (primary N) is 2. The monoisotopic (exact) mass is 405 g/mol. The van der Waals surface area contributed by atoms with Gasteiger partial charge in [0.2, 0.25) is 10.0 Å². The van der Waals surface area contributed by atoms with Crippen molar-refractivity contribution in [1.82, 2.24) is 9.62 Å². The fourth-order valence-corrected chi connectivity index (χ4v) is 5.01. The maximum atomic E-state index is 12.9. The van der Waals surface area contributed by atoms with Gasteiger partial charge in [-0.05, 0) is 18.2 Å². The van der Waals surface area contributed by atoms with Crippen LogP contribution in [0.4, 0.5) is 0 Å². The van der Waals surface area contributed by atoms with Crippen LogP contribution in [-0.2, 0) is 20.4 Å². The first-order chi connectivity index (χ1) is 13.3. The van der Waals surface area contributed by atoms with Crippen LogP contribution < -0.4 is 21.5 Å². The smallest absolute Gasteiger partial charge is 0.243 e. The van der Waals surface area contributed by atoms with E-state index in [1.54, 1.807) is 12.1 Å². The van der Waals surface area contributed by atoms with E-state index in [-0.39, 0.29) is 4.90 Å². The zero-order valence-electron chi connectivity index (χ0n) is 15.5. The molecule has 28 heavy (non-hydrogen) atoms.